The molecule has 11 nitrogen and oxygen atoms in total. The van der Waals surface area contributed by atoms with Gasteiger partial charge in [0.15, 0.2) is 47.4 Å². The van der Waals surface area contributed by atoms with E-state index >= 15 is 0 Å². The molecule has 0 unspecified atom stereocenters. The number of para-hydroxylation sites is 2. The van der Waals surface area contributed by atoms with Crippen molar-refractivity contribution in [2.75, 3.05) is 0 Å². The molecule has 7 heterocycles. The number of benzene rings is 1. The van der Waals surface area contributed by atoms with Crippen LogP contribution in [0.3, 0.4) is 0 Å². The normalized spacial score (nSPS) is 11.2. The fraction of sp³-hybridized carbons (Fsp3) is 0.571. The van der Waals surface area contributed by atoms with Crippen molar-refractivity contribution in [2.24, 2.45) is 0 Å². The fourth-order valence-electron chi connectivity index (χ4n) is 9.47. The number of pyridine rings is 4. The van der Waals surface area contributed by atoms with Crippen LogP contribution in [0.25, 0.3) is 45.5 Å². The van der Waals surface area contributed by atoms with Crippen LogP contribution < -0.4 is 18.3 Å². The number of imidazole rings is 2. The molecule has 0 amide bonds. The quantitative estimate of drug-likeness (QED) is 0.101. The maximum Gasteiger partial charge on any atom is 0.437 e. The van der Waals surface area contributed by atoms with Crippen LogP contribution in [0, 0.1) is 0 Å². The van der Waals surface area contributed by atoms with E-state index in [0.29, 0.717) is 18.1 Å². The van der Waals surface area contributed by atoms with Gasteiger partial charge in [0.1, 0.15) is 5.69 Å². The van der Waals surface area contributed by atoms with E-state index in [2.05, 4.69) is 244 Å². The predicted octanol–water partition coefficient (Wildman–Crippen LogP) is 22.2. The lowest BCUT2D eigenvalue weighted by Gasteiger charge is -2.36. The molecule has 0 N–H and O–H groups in total. The Morgan fingerprint density at radius 2 is 0.819 bits per heavy atom. The largest absolute Gasteiger partial charge is 0.437 e. The number of fused-ring (bicyclic) bond motifs is 1. The van der Waals surface area contributed by atoms with Gasteiger partial charge in [-0.2, -0.15) is 49.7 Å². The van der Waals surface area contributed by atoms with Gasteiger partial charge >= 0.3 is 18.0 Å². The number of hydrogen-bond acceptors (Lipinski definition) is 4. The highest BCUT2D eigenvalue weighted by molar-refractivity contribution is 5.79. The third kappa shape index (κ3) is 25.1. The Hall–Kier alpha value is -6.75. The molecular weight excluding hydrogens is 1190 g/mol. The molecule has 0 aliphatic heterocycles. The topological polar surface area (TPSA) is 78.2 Å². The van der Waals surface area contributed by atoms with Gasteiger partial charge in [0, 0.05) is 148 Å². The lowest BCUT2D eigenvalue weighted by molar-refractivity contribution is -0.744. The zero-order valence-corrected chi connectivity index (χ0v) is 64.4. The van der Waals surface area contributed by atoms with E-state index in [9.17, 15) is 26.3 Å². The Balaban J connectivity index is -0.00000111. The number of rotatable bonds is 10. The summed E-state index contributed by atoms with van der Waals surface area (Å²) in [6.07, 6.45) is 0.756. The van der Waals surface area contributed by atoms with E-state index in [1.807, 2.05) is 122 Å². The number of ether oxygens (including phenoxy) is 1. The second kappa shape index (κ2) is 43.3. The van der Waals surface area contributed by atoms with Gasteiger partial charge in [-0.1, -0.05) is 109 Å². The lowest BCUT2D eigenvalue weighted by atomic mass is 9.95. The second-order valence-electron chi connectivity index (χ2n) is 24.2. The number of halogens is 6. The first-order valence-corrected chi connectivity index (χ1v) is 34.5. The van der Waals surface area contributed by atoms with Crippen molar-refractivity contribution < 1.29 is 49.3 Å². The van der Waals surface area contributed by atoms with Crippen molar-refractivity contribution in [3.63, 3.8) is 0 Å². The van der Waals surface area contributed by atoms with Crippen LogP contribution in [0.2, 0.25) is 0 Å². The van der Waals surface area contributed by atoms with E-state index < -0.39 is 35.8 Å². The molecule has 0 aliphatic rings. The third-order valence-electron chi connectivity index (χ3n) is 13.0. The molecule has 0 bridgehead atoms. The van der Waals surface area contributed by atoms with E-state index in [0.717, 1.165) is 59.1 Å². The monoisotopic (exact) mass is 1320 g/mol. The Labute approximate surface area is 566 Å². The van der Waals surface area contributed by atoms with Gasteiger partial charge in [-0.15, -0.1) is 0 Å². The van der Waals surface area contributed by atoms with Gasteiger partial charge in [-0.25, -0.2) is 9.97 Å². The molecule has 17 heteroatoms. The molecule has 0 saturated carbocycles. The predicted molar refractivity (Wildman–Crippen MR) is 384 cm³/mol. The summed E-state index contributed by atoms with van der Waals surface area (Å²) >= 11 is 0. The van der Waals surface area contributed by atoms with Crippen LogP contribution in [-0.2, 0) is 27.0 Å². The average Bonchev–Trinajstić information content (AvgIpc) is 0.950. The summed E-state index contributed by atoms with van der Waals surface area (Å²) in [6.45, 7) is 66.3. The average molecular weight is 1320 g/mol. The molecule has 0 fully saturated rings. The van der Waals surface area contributed by atoms with Crippen molar-refractivity contribution in [1.82, 2.24) is 28.9 Å². The molecule has 7 aromatic heterocycles. The minimum absolute atomic E-state index is 0.0105. The van der Waals surface area contributed by atoms with Crippen molar-refractivity contribution in [3.05, 3.63) is 152 Å². The van der Waals surface area contributed by atoms with Gasteiger partial charge < -0.3 is 13.9 Å². The van der Waals surface area contributed by atoms with Gasteiger partial charge in [-0.05, 0) is 112 Å². The SMILES string of the molecule is CC.CC.CC.CC.CC.CC.CC.CC(C)OC(c1cccc[n+]1C(C)C)(C(F)(F)F)C(F)(F)F.CC(C)n1c(-c2cccc[n+]2C(C)(C)C)nc2ccccc21.CC(C)n1ccnc1-c1cccc[n+]1C(C)(C)C.CC(C)n1nccc1-c1cccc[n+]1C(C)(C)C. The fourth-order valence-corrected chi connectivity index (χ4v) is 9.47. The molecule has 94 heavy (non-hydrogen) atoms. The van der Waals surface area contributed by atoms with Crippen LogP contribution in [-0.4, -0.2) is 47.3 Å². The smallest absolute Gasteiger partial charge is 0.347 e. The van der Waals surface area contributed by atoms with Gasteiger partial charge in [0.05, 0.1) is 17.1 Å². The maximum atomic E-state index is 13.5. The minimum atomic E-state index is -5.66. The lowest BCUT2D eigenvalue weighted by Crippen LogP contribution is -2.62. The van der Waals surface area contributed by atoms with E-state index in [1.165, 1.54) is 43.0 Å². The summed E-state index contributed by atoms with van der Waals surface area (Å²) in [5.74, 6) is 2.06. The molecular formula is C77H128F6N10O+4. The Morgan fingerprint density at radius 3 is 1.21 bits per heavy atom. The molecule has 1 aromatic carbocycles. The van der Waals surface area contributed by atoms with E-state index in [1.54, 1.807) is 0 Å². The maximum absolute atomic E-state index is 13.5. The van der Waals surface area contributed by atoms with Gasteiger partial charge in [-0.3, -0.25) is 4.68 Å². The van der Waals surface area contributed by atoms with E-state index in [4.69, 9.17) is 4.98 Å². The highest BCUT2D eigenvalue weighted by atomic mass is 19.4. The highest BCUT2D eigenvalue weighted by Crippen LogP contribution is 2.52. The highest BCUT2D eigenvalue weighted by Gasteiger charge is 2.78. The Kier molecular flexibility index (Phi) is 42.2. The Morgan fingerprint density at radius 1 is 0.426 bits per heavy atom. The van der Waals surface area contributed by atoms with Gasteiger partial charge in [0.25, 0.3) is 0 Å². The first-order valence-electron chi connectivity index (χ1n) is 34.5. The van der Waals surface area contributed by atoms with Crippen LogP contribution >= 0.6 is 0 Å². The molecule has 0 spiro atoms. The third-order valence-corrected chi connectivity index (χ3v) is 13.0. The zero-order chi connectivity index (χ0) is 73.9. The van der Waals surface area contributed by atoms with Crippen molar-refractivity contribution >= 4 is 11.0 Å². The van der Waals surface area contributed by atoms with Crippen molar-refractivity contribution in [1.29, 1.82) is 0 Å². The molecule has 8 aromatic rings. The minimum Gasteiger partial charge on any atom is -0.347 e. The van der Waals surface area contributed by atoms with Crippen molar-refractivity contribution in [2.45, 2.75) is 293 Å². The number of aromatic nitrogens is 10. The molecule has 0 saturated heterocycles. The summed E-state index contributed by atoms with van der Waals surface area (Å²) in [6, 6.07) is 33.2. The zero-order valence-electron chi connectivity index (χ0n) is 64.4. The number of nitrogens with zero attached hydrogens (tertiary/aromatic N) is 10. The van der Waals surface area contributed by atoms with Crippen LogP contribution in [0.15, 0.2) is 147 Å². The molecule has 0 radical (unpaired) electrons. The summed E-state index contributed by atoms with van der Waals surface area (Å²) in [7, 11) is 0. The number of alkyl halides is 6. The molecule has 8 rings (SSSR count). The Bertz CT molecular complexity index is 3140. The van der Waals surface area contributed by atoms with Crippen LogP contribution in [0.4, 0.5) is 26.3 Å². The summed E-state index contributed by atoms with van der Waals surface area (Å²) in [5.41, 5.74) is 1.68. The molecule has 0 aliphatic carbocycles. The van der Waals surface area contributed by atoms with Crippen molar-refractivity contribution in [3.8, 4) is 34.4 Å². The molecule has 530 valence electrons. The van der Waals surface area contributed by atoms with Crippen LogP contribution in [0.5, 0.6) is 0 Å². The first-order chi connectivity index (χ1) is 44.1. The number of hydrogen-bond donors (Lipinski definition) is 0. The standard InChI is InChI=1S/C19H24N3.2C15H22N3.C14H18F6NO.7C2H6/c1-14(2)22-16-11-7-6-10-15(16)20-18(22)17-12-8-9-13-21(17)19(3,4)5;1-12(2)18-14(9-10-16-18)13-8-6-7-11-17(13)15(3,4)5;1-12(2)17-11-9-16-14(17)13-8-6-7-10-18(13)15(3,4)5;1-9(2)21-8-6-5-7-11(21)12(13(15,16)17,14(18,19)20)22-10(3)4;7*1-2/h6-14H,1-5H3;2*6-12H,1-5H3;5-10H,1-4H3;7*1-2H3/q4*+1;;;;;;;. The summed E-state index contributed by atoms with van der Waals surface area (Å²) in [5, 5.41) is 4.42. The second-order valence-corrected chi connectivity index (χ2v) is 24.2. The van der Waals surface area contributed by atoms with E-state index in [-0.39, 0.29) is 16.6 Å². The van der Waals surface area contributed by atoms with Crippen LogP contribution in [0.1, 0.15) is 258 Å². The first kappa shape index (κ1) is 91.4. The molecule has 0 atom stereocenters. The van der Waals surface area contributed by atoms with Gasteiger partial charge in [0.2, 0.25) is 34.4 Å². The summed E-state index contributed by atoms with van der Waals surface area (Å²) in [4.78, 5) is 9.44. The summed E-state index contributed by atoms with van der Waals surface area (Å²) < 4.78 is 99.9.